The Morgan fingerprint density at radius 1 is 1.59 bits per heavy atom. The number of carbonyl (C=O) groups excluding carboxylic acids is 1. The van der Waals surface area contributed by atoms with Gasteiger partial charge in [0.2, 0.25) is 5.91 Å². The van der Waals surface area contributed by atoms with Gasteiger partial charge < -0.3 is 10.4 Å². The molecule has 0 radical (unpaired) electrons. The molecule has 17 heavy (non-hydrogen) atoms. The summed E-state index contributed by atoms with van der Waals surface area (Å²) in [4.78, 5) is 21.9. The number of carbonyl (C=O) groups is 2. The van der Waals surface area contributed by atoms with Gasteiger partial charge in [-0.2, -0.15) is 5.10 Å². The summed E-state index contributed by atoms with van der Waals surface area (Å²) in [6.45, 7) is 5.84. The van der Waals surface area contributed by atoms with Crippen molar-refractivity contribution in [1.29, 1.82) is 0 Å². The Morgan fingerprint density at radius 2 is 2.24 bits per heavy atom. The van der Waals surface area contributed by atoms with E-state index in [-0.39, 0.29) is 18.2 Å². The van der Waals surface area contributed by atoms with E-state index in [4.69, 9.17) is 5.11 Å². The molecule has 1 heterocycles. The van der Waals surface area contributed by atoms with Crippen molar-refractivity contribution in [3.8, 4) is 0 Å². The molecule has 0 saturated carbocycles. The van der Waals surface area contributed by atoms with Gasteiger partial charge in [0.05, 0.1) is 6.42 Å². The lowest BCUT2D eigenvalue weighted by atomic mass is 10.1. The van der Waals surface area contributed by atoms with E-state index >= 15 is 0 Å². The fraction of sp³-hybridized carbons (Fsp3) is 0.600. The molecular formula is C10H15N3O3S. The van der Waals surface area contributed by atoms with Crippen LogP contribution in [-0.4, -0.2) is 33.1 Å². The maximum Gasteiger partial charge on any atom is 0.305 e. The minimum atomic E-state index is -0.999. The summed E-state index contributed by atoms with van der Waals surface area (Å²) in [6.07, 6.45) is -0.206. The Balaban J connectivity index is 2.65. The zero-order chi connectivity index (χ0) is 13.0. The molecule has 1 unspecified atom stereocenters. The molecule has 7 heteroatoms. The number of amides is 1. The predicted molar refractivity (Wildman–Crippen MR) is 67.2 cm³/mol. The number of rotatable bonds is 4. The van der Waals surface area contributed by atoms with Crippen LogP contribution in [-0.2, 0) is 9.59 Å². The number of amidine groups is 1. The Kier molecular flexibility index (Phi) is 4.68. The van der Waals surface area contributed by atoms with Crippen molar-refractivity contribution in [2.24, 2.45) is 16.1 Å². The number of carboxylic acid groups (broad SMARTS) is 1. The molecule has 2 N–H and O–H groups in total. The molecule has 1 fully saturated rings. The molecule has 0 aromatic carbocycles. The lowest BCUT2D eigenvalue weighted by Gasteiger charge is -2.00. The second-order valence-electron chi connectivity index (χ2n) is 3.99. The molecule has 94 valence electrons. The van der Waals surface area contributed by atoms with Gasteiger partial charge in [-0.25, -0.2) is 0 Å². The van der Waals surface area contributed by atoms with Crippen LogP contribution in [0.5, 0.6) is 0 Å². The molecule has 1 aliphatic rings. The first-order valence-electron chi connectivity index (χ1n) is 5.21. The fourth-order valence-corrected chi connectivity index (χ4v) is 1.89. The van der Waals surface area contributed by atoms with Crippen LogP contribution in [0.3, 0.4) is 0 Å². The van der Waals surface area contributed by atoms with E-state index in [9.17, 15) is 9.59 Å². The monoisotopic (exact) mass is 257 g/mol. The summed E-state index contributed by atoms with van der Waals surface area (Å²) < 4.78 is 0. The van der Waals surface area contributed by atoms with E-state index in [1.165, 1.54) is 0 Å². The molecule has 0 aromatic rings. The molecule has 0 aromatic heterocycles. The van der Waals surface area contributed by atoms with Gasteiger partial charge in [0.25, 0.3) is 0 Å². The number of aliphatic carboxylic acids is 1. The molecule has 0 bridgehead atoms. The maximum absolute atomic E-state index is 11.4. The van der Waals surface area contributed by atoms with E-state index < -0.39 is 11.2 Å². The van der Waals surface area contributed by atoms with Gasteiger partial charge in [-0.3, -0.25) is 9.59 Å². The number of carboxylic acids is 1. The highest BCUT2D eigenvalue weighted by atomic mass is 32.2. The first-order chi connectivity index (χ1) is 7.90. The first kappa shape index (κ1) is 13.7. The van der Waals surface area contributed by atoms with Crippen LogP contribution in [0.25, 0.3) is 0 Å². The Labute approximate surface area is 104 Å². The highest BCUT2D eigenvalue weighted by molar-refractivity contribution is 8.15. The van der Waals surface area contributed by atoms with E-state index in [0.29, 0.717) is 5.17 Å². The third-order valence-corrected chi connectivity index (χ3v) is 3.34. The molecule has 6 nitrogen and oxygen atoms in total. The molecule has 1 atom stereocenters. The molecule has 1 saturated heterocycles. The Bertz CT molecular complexity index is 390. The summed E-state index contributed by atoms with van der Waals surface area (Å²) in [7, 11) is 0. The minimum Gasteiger partial charge on any atom is -0.481 e. The minimum absolute atomic E-state index is 0.206. The van der Waals surface area contributed by atoms with Gasteiger partial charge >= 0.3 is 5.97 Å². The molecule has 1 aliphatic heterocycles. The summed E-state index contributed by atoms with van der Waals surface area (Å²) in [5.74, 6) is -1.04. The van der Waals surface area contributed by atoms with Crippen molar-refractivity contribution < 1.29 is 14.7 Å². The molecule has 0 spiro atoms. The Morgan fingerprint density at radius 3 is 2.76 bits per heavy atom. The van der Waals surface area contributed by atoms with Crippen LogP contribution in [0.4, 0.5) is 0 Å². The largest absolute Gasteiger partial charge is 0.481 e. The zero-order valence-electron chi connectivity index (χ0n) is 9.93. The van der Waals surface area contributed by atoms with E-state index in [1.54, 1.807) is 0 Å². The van der Waals surface area contributed by atoms with Crippen LogP contribution in [0, 0.1) is 5.92 Å². The van der Waals surface area contributed by atoms with Crippen LogP contribution in [0.15, 0.2) is 10.2 Å². The third-order valence-electron chi connectivity index (χ3n) is 2.27. The standard InChI is InChI=1S/C10H15N3O3S/c1-5(2)6(3)12-13-10-11-9(16)7(17-10)4-8(14)15/h5,7H,4H2,1-3H3,(H,14,15)(H,11,13,16)/b12-6-. The summed E-state index contributed by atoms with van der Waals surface area (Å²) >= 11 is 1.10. The van der Waals surface area contributed by atoms with Crippen LogP contribution < -0.4 is 5.32 Å². The van der Waals surface area contributed by atoms with Crippen molar-refractivity contribution in [1.82, 2.24) is 5.32 Å². The lowest BCUT2D eigenvalue weighted by molar-refractivity contribution is -0.138. The highest BCUT2D eigenvalue weighted by Crippen LogP contribution is 2.22. The van der Waals surface area contributed by atoms with Gasteiger partial charge in [0, 0.05) is 5.71 Å². The van der Waals surface area contributed by atoms with Crippen LogP contribution in [0.1, 0.15) is 27.2 Å². The number of thioether (sulfide) groups is 1. The van der Waals surface area contributed by atoms with Gasteiger partial charge in [0.1, 0.15) is 5.25 Å². The lowest BCUT2D eigenvalue weighted by Crippen LogP contribution is -2.26. The third kappa shape index (κ3) is 4.18. The van der Waals surface area contributed by atoms with Gasteiger partial charge in [-0.15, -0.1) is 5.10 Å². The van der Waals surface area contributed by atoms with Crippen molar-refractivity contribution >= 4 is 34.5 Å². The molecule has 1 rings (SSSR count). The van der Waals surface area contributed by atoms with Gasteiger partial charge in [-0.1, -0.05) is 25.6 Å². The molecule has 0 aliphatic carbocycles. The predicted octanol–water partition coefficient (Wildman–Crippen LogP) is 1.08. The fourth-order valence-electron chi connectivity index (χ4n) is 0.985. The second-order valence-corrected chi connectivity index (χ2v) is 5.19. The molecular weight excluding hydrogens is 242 g/mol. The van der Waals surface area contributed by atoms with E-state index in [2.05, 4.69) is 15.5 Å². The Hall–Kier alpha value is -1.37. The summed E-state index contributed by atoms with van der Waals surface area (Å²) in [6, 6.07) is 0. The number of hydrogen-bond acceptors (Lipinski definition) is 5. The van der Waals surface area contributed by atoms with Crippen LogP contribution in [0.2, 0.25) is 0 Å². The van der Waals surface area contributed by atoms with Crippen molar-refractivity contribution in [2.45, 2.75) is 32.4 Å². The highest BCUT2D eigenvalue weighted by Gasteiger charge is 2.32. The zero-order valence-corrected chi connectivity index (χ0v) is 10.7. The van der Waals surface area contributed by atoms with Gasteiger partial charge in [0.15, 0.2) is 5.17 Å². The normalized spacial score (nSPS) is 23.3. The second kappa shape index (κ2) is 5.81. The number of hydrogen-bond donors (Lipinski definition) is 2. The summed E-state index contributed by atoms with van der Waals surface area (Å²) in [5.41, 5.74) is 0.856. The van der Waals surface area contributed by atoms with Crippen molar-refractivity contribution in [3.63, 3.8) is 0 Å². The van der Waals surface area contributed by atoms with E-state index in [1.807, 2.05) is 20.8 Å². The van der Waals surface area contributed by atoms with Gasteiger partial charge in [-0.05, 0) is 12.8 Å². The average Bonchev–Trinajstić information content (AvgIpc) is 2.55. The maximum atomic E-state index is 11.4. The SMILES string of the molecule is C/C(=N/N=C1/NC(=O)C(CC(=O)O)S1)C(C)C. The number of nitrogens with zero attached hydrogens (tertiary/aromatic N) is 2. The average molecular weight is 257 g/mol. The van der Waals surface area contributed by atoms with Crippen molar-refractivity contribution in [3.05, 3.63) is 0 Å². The van der Waals surface area contributed by atoms with Crippen molar-refractivity contribution in [2.75, 3.05) is 0 Å². The number of nitrogens with one attached hydrogen (secondary N) is 1. The van der Waals surface area contributed by atoms with Crippen LogP contribution >= 0.6 is 11.8 Å². The molecule has 1 amide bonds. The van der Waals surface area contributed by atoms with E-state index in [0.717, 1.165) is 17.5 Å². The quantitative estimate of drug-likeness (QED) is 0.582. The first-order valence-corrected chi connectivity index (χ1v) is 6.09. The smallest absolute Gasteiger partial charge is 0.305 e. The topological polar surface area (TPSA) is 91.1 Å². The summed E-state index contributed by atoms with van der Waals surface area (Å²) in [5, 5.41) is 18.7.